The van der Waals surface area contributed by atoms with Gasteiger partial charge in [0, 0.05) is 5.75 Å². The van der Waals surface area contributed by atoms with E-state index >= 15 is 0 Å². The molecule has 1 saturated heterocycles. The normalized spacial score (nSPS) is 20.5. The van der Waals surface area contributed by atoms with Crippen molar-refractivity contribution in [3.63, 3.8) is 0 Å². The highest BCUT2D eigenvalue weighted by Gasteiger charge is 2.32. The minimum Gasteiger partial charge on any atom is -0.316 e. The van der Waals surface area contributed by atoms with Gasteiger partial charge in [-0.3, -0.25) is 0 Å². The third-order valence-electron chi connectivity index (χ3n) is 3.33. The lowest BCUT2D eigenvalue weighted by molar-refractivity contribution is -0.138. The molecule has 1 atom stereocenters. The van der Waals surface area contributed by atoms with E-state index in [4.69, 9.17) is 0 Å². The number of hydrogen-bond acceptors (Lipinski definition) is 2. The van der Waals surface area contributed by atoms with E-state index in [9.17, 15) is 13.2 Å². The molecule has 0 spiro atoms. The molecule has 2 rings (SSSR count). The molecule has 5 heteroatoms. The highest BCUT2D eigenvalue weighted by atomic mass is 32.2. The van der Waals surface area contributed by atoms with Crippen LogP contribution in [0.1, 0.15) is 24.0 Å². The largest absolute Gasteiger partial charge is 0.416 e. The first-order valence-corrected chi connectivity index (χ1v) is 7.66. The van der Waals surface area contributed by atoms with Gasteiger partial charge in [0.1, 0.15) is 0 Å². The molecule has 0 bridgehead atoms. The quantitative estimate of drug-likeness (QED) is 0.901. The molecule has 106 valence electrons. The molecule has 0 aliphatic carbocycles. The zero-order valence-corrected chi connectivity index (χ0v) is 11.5. The van der Waals surface area contributed by atoms with Gasteiger partial charge in [0.2, 0.25) is 0 Å². The summed E-state index contributed by atoms with van der Waals surface area (Å²) < 4.78 is 38.4. The first-order chi connectivity index (χ1) is 9.07. The molecule has 1 fully saturated rings. The maximum absolute atomic E-state index is 12.8. The SMILES string of the molecule is FC(F)(F)c1ccccc1CSCC1CCCNC1. The van der Waals surface area contributed by atoms with Crippen molar-refractivity contribution >= 4 is 11.8 Å². The van der Waals surface area contributed by atoms with Gasteiger partial charge in [-0.15, -0.1) is 0 Å². The van der Waals surface area contributed by atoms with E-state index in [1.807, 2.05) is 0 Å². The van der Waals surface area contributed by atoms with Gasteiger partial charge in [0.25, 0.3) is 0 Å². The highest BCUT2D eigenvalue weighted by Crippen LogP contribution is 2.33. The summed E-state index contributed by atoms with van der Waals surface area (Å²) in [6.45, 7) is 2.06. The van der Waals surface area contributed by atoms with Crippen molar-refractivity contribution in [2.45, 2.75) is 24.8 Å². The lowest BCUT2D eigenvalue weighted by Crippen LogP contribution is -2.30. The Kier molecular flexibility index (Phi) is 5.16. The number of piperidine rings is 1. The van der Waals surface area contributed by atoms with Crippen LogP contribution in [0.25, 0.3) is 0 Å². The van der Waals surface area contributed by atoms with Crippen LogP contribution in [0.3, 0.4) is 0 Å². The molecule has 1 N–H and O–H groups in total. The molecular formula is C14H18F3NS. The number of halogens is 3. The van der Waals surface area contributed by atoms with Crippen molar-refractivity contribution in [1.82, 2.24) is 5.32 Å². The van der Waals surface area contributed by atoms with E-state index in [0.717, 1.165) is 24.9 Å². The number of rotatable bonds is 4. The lowest BCUT2D eigenvalue weighted by atomic mass is 10.0. The second-order valence-corrected chi connectivity index (χ2v) is 5.91. The van der Waals surface area contributed by atoms with E-state index in [1.54, 1.807) is 23.9 Å². The summed E-state index contributed by atoms with van der Waals surface area (Å²) >= 11 is 1.60. The topological polar surface area (TPSA) is 12.0 Å². The van der Waals surface area contributed by atoms with E-state index < -0.39 is 11.7 Å². The summed E-state index contributed by atoms with van der Waals surface area (Å²) in [5.41, 5.74) is -0.104. The van der Waals surface area contributed by atoms with Crippen LogP contribution in [0, 0.1) is 5.92 Å². The minimum atomic E-state index is -4.25. The van der Waals surface area contributed by atoms with E-state index in [2.05, 4.69) is 5.32 Å². The number of benzene rings is 1. The Bertz CT molecular complexity index is 400. The fraction of sp³-hybridized carbons (Fsp3) is 0.571. The van der Waals surface area contributed by atoms with Crippen LogP contribution >= 0.6 is 11.8 Å². The van der Waals surface area contributed by atoms with E-state index in [0.29, 0.717) is 17.2 Å². The van der Waals surface area contributed by atoms with Crippen molar-refractivity contribution < 1.29 is 13.2 Å². The van der Waals surface area contributed by atoms with Crippen molar-refractivity contribution in [2.24, 2.45) is 5.92 Å². The molecule has 1 unspecified atom stereocenters. The smallest absolute Gasteiger partial charge is 0.316 e. The molecular weight excluding hydrogens is 271 g/mol. The Balaban J connectivity index is 1.88. The molecule has 19 heavy (non-hydrogen) atoms. The summed E-state index contributed by atoms with van der Waals surface area (Å²) in [7, 11) is 0. The predicted octanol–water partition coefficient (Wildman–Crippen LogP) is 3.94. The van der Waals surface area contributed by atoms with Crippen molar-refractivity contribution in [2.75, 3.05) is 18.8 Å². The van der Waals surface area contributed by atoms with Gasteiger partial charge in [-0.05, 0) is 49.2 Å². The molecule has 0 saturated carbocycles. The molecule has 0 aromatic heterocycles. The minimum absolute atomic E-state index is 0.392. The standard InChI is InChI=1S/C14H18F3NS/c15-14(16,17)13-6-2-1-5-12(13)10-19-9-11-4-3-7-18-8-11/h1-2,5-6,11,18H,3-4,7-10H2. The molecule has 0 radical (unpaired) electrons. The molecule has 1 aliphatic heterocycles. The maximum Gasteiger partial charge on any atom is 0.416 e. The molecule has 1 heterocycles. The van der Waals surface area contributed by atoms with Gasteiger partial charge >= 0.3 is 6.18 Å². The van der Waals surface area contributed by atoms with Crippen LogP contribution in [0.5, 0.6) is 0 Å². The van der Waals surface area contributed by atoms with Crippen LogP contribution in [-0.2, 0) is 11.9 Å². The van der Waals surface area contributed by atoms with Gasteiger partial charge in [0.15, 0.2) is 0 Å². The number of hydrogen-bond donors (Lipinski definition) is 1. The van der Waals surface area contributed by atoms with E-state index in [1.165, 1.54) is 18.9 Å². The van der Waals surface area contributed by atoms with Crippen LogP contribution < -0.4 is 5.32 Å². The Labute approximate surface area is 116 Å². The predicted molar refractivity (Wildman–Crippen MR) is 73.2 cm³/mol. The monoisotopic (exact) mass is 289 g/mol. The first kappa shape index (κ1) is 14.7. The first-order valence-electron chi connectivity index (χ1n) is 6.51. The highest BCUT2D eigenvalue weighted by molar-refractivity contribution is 7.98. The lowest BCUT2D eigenvalue weighted by Gasteiger charge is -2.22. The molecule has 1 nitrogen and oxygen atoms in total. The van der Waals surface area contributed by atoms with Crippen LogP contribution in [0.15, 0.2) is 24.3 Å². The van der Waals surface area contributed by atoms with Crippen molar-refractivity contribution in [3.05, 3.63) is 35.4 Å². The Hall–Kier alpha value is -0.680. The average molecular weight is 289 g/mol. The molecule has 1 aliphatic rings. The number of nitrogens with one attached hydrogen (secondary N) is 1. The van der Waals surface area contributed by atoms with E-state index in [-0.39, 0.29) is 0 Å². The second kappa shape index (κ2) is 6.66. The Morgan fingerprint density at radius 2 is 2.05 bits per heavy atom. The maximum atomic E-state index is 12.8. The summed E-state index contributed by atoms with van der Waals surface area (Å²) in [5.74, 6) is 1.96. The summed E-state index contributed by atoms with van der Waals surface area (Å²) in [6, 6.07) is 5.86. The van der Waals surface area contributed by atoms with Crippen molar-refractivity contribution in [1.29, 1.82) is 0 Å². The van der Waals surface area contributed by atoms with Gasteiger partial charge in [-0.1, -0.05) is 18.2 Å². The second-order valence-electron chi connectivity index (χ2n) is 4.88. The molecule has 1 aromatic rings. The average Bonchev–Trinajstić information content (AvgIpc) is 2.39. The fourth-order valence-electron chi connectivity index (χ4n) is 2.32. The summed E-state index contributed by atoms with van der Waals surface area (Å²) in [6.07, 6.45) is -1.89. The van der Waals surface area contributed by atoms with Crippen LogP contribution in [0.2, 0.25) is 0 Å². The third-order valence-corrected chi connectivity index (χ3v) is 4.56. The molecule has 1 aromatic carbocycles. The number of thioether (sulfide) groups is 1. The van der Waals surface area contributed by atoms with Gasteiger partial charge < -0.3 is 5.32 Å². The fourth-order valence-corrected chi connectivity index (χ4v) is 3.53. The van der Waals surface area contributed by atoms with Gasteiger partial charge in [-0.25, -0.2) is 0 Å². The Morgan fingerprint density at radius 1 is 1.26 bits per heavy atom. The molecule has 0 amide bonds. The zero-order chi connectivity index (χ0) is 13.7. The van der Waals surface area contributed by atoms with Crippen LogP contribution in [0.4, 0.5) is 13.2 Å². The summed E-state index contributed by atoms with van der Waals surface area (Å²) in [4.78, 5) is 0. The van der Waals surface area contributed by atoms with Gasteiger partial charge in [0.05, 0.1) is 5.56 Å². The Morgan fingerprint density at radius 3 is 2.74 bits per heavy atom. The zero-order valence-electron chi connectivity index (χ0n) is 10.7. The van der Waals surface area contributed by atoms with Crippen LogP contribution in [-0.4, -0.2) is 18.8 Å². The summed E-state index contributed by atoms with van der Waals surface area (Å²) in [5, 5.41) is 3.33. The van der Waals surface area contributed by atoms with Gasteiger partial charge in [-0.2, -0.15) is 24.9 Å². The van der Waals surface area contributed by atoms with Crippen molar-refractivity contribution in [3.8, 4) is 0 Å². The number of alkyl halides is 3. The third kappa shape index (κ3) is 4.42.